The number of nitrogen functional groups attached to an aromatic ring is 1. The van der Waals surface area contributed by atoms with Gasteiger partial charge in [0.15, 0.2) is 0 Å². The zero-order valence-corrected chi connectivity index (χ0v) is 12.2. The predicted octanol–water partition coefficient (Wildman–Crippen LogP) is 1.12. The number of ether oxygens (including phenoxy) is 2. The lowest BCUT2D eigenvalue weighted by molar-refractivity contribution is 0.0401. The van der Waals surface area contributed by atoms with E-state index in [1.807, 2.05) is 19.2 Å². The fraction of sp³-hybridized carbons (Fsp3) is 0.600. The molecule has 1 saturated heterocycles. The Hall–Kier alpha value is -1.30. The molecule has 5 nitrogen and oxygen atoms in total. The fourth-order valence-electron chi connectivity index (χ4n) is 2.62. The highest BCUT2D eigenvalue weighted by Gasteiger charge is 2.28. The minimum atomic E-state index is -0.533. The second-order valence-electron chi connectivity index (χ2n) is 5.41. The van der Waals surface area contributed by atoms with Crippen LogP contribution in [0.1, 0.15) is 13.3 Å². The molecular formula is C15H24N2O3. The number of aliphatic hydroxyl groups excluding tert-OH is 1. The number of anilines is 1. The molecule has 0 radical (unpaired) electrons. The Labute approximate surface area is 120 Å². The van der Waals surface area contributed by atoms with Crippen molar-refractivity contribution >= 4 is 5.69 Å². The number of likely N-dealkylation sites (N-methyl/N-ethyl adjacent to an activating group) is 1. The summed E-state index contributed by atoms with van der Waals surface area (Å²) in [5.41, 5.74) is 6.34. The highest BCUT2D eigenvalue weighted by molar-refractivity contribution is 5.43. The number of aliphatic hydroxyl groups is 1. The first-order valence-corrected chi connectivity index (χ1v) is 7.04. The molecule has 3 atom stereocenters. The molecule has 1 aromatic rings. The molecule has 1 heterocycles. The van der Waals surface area contributed by atoms with Gasteiger partial charge in [-0.1, -0.05) is 6.07 Å². The van der Waals surface area contributed by atoms with E-state index in [1.165, 1.54) is 0 Å². The van der Waals surface area contributed by atoms with Crippen LogP contribution in [0.25, 0.3) is 0 Å². The average molecular weight is 280 g/mol. The van der Waals surface area contributed by atoms with Crippen LogP contribution in [0, 0.1) is 0 Å². The van der Waals surface area contributed by atoms with Crippen molar-refractivity contribution in [3.8, 4) is 5.75 Å². The maximum Gasteiger partial charge on any atom is 0.121 e. The van der Waals surface area contributed by atoms with Gasteiger partial charge in [-0.05, 0) is 32.5 Å². The molecular weight excluding hydrogens is 256 g/mol. The minimum absolute atomic E-state index is 0.224. The zero-order valence-electron chi connectivity index (χ0n) is 12.2. The number of rotatable bonds is 6. The third-order valence-electron chi connectivity index (χ3n) is 3.70. The quantitative estimate of drug-likeness (QED) is 0.764. The first kappa shape index (κ1) is 15.1. The lowest BCUT2D eigenvalue weighted by Crippen LogP contribution is -2.42. The summed E-state index contributed by atoms with van der Waals surface area (Å²) in [4.78, 5) is 2.14. The summed E-state index contributed by atoms with van der Waals surface area (Å²) in [6.07, 6.45) is 0.705. The Kier molecular flexibility index (Phi) is 5.23. The second-order valence-corrected chi connectivity index (χ2v) is 5.41. The highest BCUT2D eigenvalue weighted by atomic mass is 16.5. The van der Waals surface area contributed by atoms with Gasteiger partial charge in [0.25, 0.3) is 0 Å². The summed E-state index contributed by atoms with van der Waals surface area (Å²) in [7, 11) is 2.01. The van der Waals surface area contributed by atoms with Crippen molar-refractivity contribution in [3.63, 3.8) is 0 Å². The summed E-state index contributed by atoms with van der Waals surface area (Å²) in [5.74, 6) is 0.685. The van der Waals surface area contributed by atoms with Crippen molar-refractivity contribution in [2.24, 2.45) is 0 Å². The molecule has 0 amide bonds. The average Bonchev–Trinajstić information content (AvgIpc) is 2.83. The Bertz CT molecular complexity index is 427. The van der Waals surface area contributed by atoms with Crippen molar-refractivity contribution in [1.82, 2.24) is 4.90 Å². The highest BCUT2D eigenvalue weighted by Crippen LogP contribution is 2.19. The van der Waals surface area contributed by atoms with Crippen LogP contribution in [-0.4, -0.2) is 55.1 Å². The molecule has 112 valence electrons. The van der Waals surface area contributed by atoms with Gasteiger partial charge in [-0.2, -0.15) is 0 Å². The van der Waals surface area contributed by atoms with Crippen LogP contribution in [0.2, 0.25) is 0 Å². The van der Waals surface area contributed by atoms with E-state index in [-0.39, 0.29) is 12.7 Å². The fourth-order valence-corrected chi connectivity index (χ4v) is 2.62. The Morgan fingerprint density at radius 2 is 2.35 bits per heavy atom. The van der Waals surface area contributed by atoms with Crippen LogP contribution >= 0.6 is 0 Å². The summed E-state index contributed by atoms with van der Waals surface area (Å²) < 4.78 is 11.1. The van der Waals surface area contributed by atoms with Gasteiger partial charge in [0, 0.05) is 30.9 Å². The van der Waals surface area contributed by atoms with Crippen LogP contribution in [0.4, 0.5) is 5.69 Å². The Balaban J connectivity index is 1.76. The topological polar surface area (TPSA) is 68.0 Å². The van der Waals surface area contributed by atoms with Gasteiger partial charge < -0.3 is 20.3 Å². The number of nitrogens with zero attached hydrogens (tertiary/aromatic N) is 1. The maximum atomic E-state index is 10.1. The van der Waals surface area contributed by atoms with E-state index >= 15 is 0 Å². The lowest BCUT2D eigenvalue weighted by Gasteiger charge is -2.28. The van der Waals surface area contributed by atoms with Crippen molar-refractivity contribution < 1.29 is 14.6 Å². The van der Waals surface area contributed by atoms with Crippen molar-refractivity contribution in [2.45, 2.75) is 31.6 Å². The van der Waals surface area contributed by atoms with Crippen molar-refractivity contribution in [3.05, 3.63) is 24.3 Å². The molecule has 5 heteroatoms. The van der Waals surface area contributed by atoms with E-state index in [9.17, 15) is 5.11 Å². The van der Waals surface area contributed by atoms with Crippen LogP contribution in [0.3, 0.4) is 0 Å². The predicted molar refractivity (Wildman–Crippen MR) is 78.8 cm³/mol. The molecule has 1 aliphatic heterocycles. The molecule has 3 N–H and O–H groups in total. The number of hydrogen-bond acceptors (Lipinski definition) is 5. The molecule has 1 aromatic carbocycles. The summed E-state index contributed by atoms with van der Waals surface area (Å²) >= 11 is 0. The van der Waals surface area contributed by atoms with Crippen molar-refractivity contribution in [1.29, 1.82) is 0 Å². The van der Waals surface area contributed by atoms with Gasteiger partial charge in [0.2, 0.25) is 0 Å². The molecule has 1 aliphatic rings. The number of nitrogens with two attached hydrogens (primary N) is 1. The lowest BCUT2D eigenvalue weighted by atomic mass is 10.1. The normalized spacial score (nSPS) is 24.0. The van der Waals surface area contributed by atoms with E-state index in [1.54, 1.807) is 12.1 Å². The van der Waals surface area contributed by atoms with E-state index in [2.05, 4.69) is 11.8 Å². The smallest absolute Gasteiger partial charge is 0.121 e. The third-order valence-corrected chi connectivity index (χ3v) is 3.70. The SMILES string of the molecule is CC1OCCC1N(C)CC(O)COc1cccc(N)c1. The molecule has 0 aliphatic carbocycles. The molecule has 2 rings (SSSR count). The summed E-state index contributed by atoms with van der Waals surface area (Å²) in [6.45, 7) is 3.70. The standard InChI is InChI=1S/C15H24N2O3/c1-11-15(6-7-19-11)17(2)9-13(18)10-20-14-5-3-4-12(16)8-14/h3-5,8,11,13,15,18H,6-7,9-10,16H2,1-2H3. The third kappa shape index (κ3) is 4.10. The van der Waals surface area contributed by atoms with Crippen LogP contribution in [-0.2, 0) is 4.74 Å². The molecule has 0 bridgehead atoms. The van der Waals surface area contributed by atoms with Gasteiger partial charge in [-0.25, -0.2) is 0 Å². The number of hydrogen-bond donors (Lipinski definition) is 2. The van der Waals surface area contributed by atoms with E-state index < -0.39 is 6.10 Å². The molecule has 0 spiro atoms. The van der Waals surface area contributed by atoms with Crippen molar-refractivity contribution in [2.75, 3.05) is 32.5 Å². The molecule has 0 saturated carbocycles. The van der Waals surface area contributed by atoms with E-state index in [0.29, 0.717) is 24.0 Å². The molecule has 3 unspecified atom stereocenters. The zero-order chi connectivity index (χ0) is 14.5. The second kappa shape index (κ2) is 6.92. The van der Waals surface area contributed by atoms with Gasteiger partial charge in [-0.15, -0.1) is 0 Å². The number of benzene rings is 1. The molecule has 20 heavy (non-hydrogen) atoms. The summed E-state index contributed by atoms with van der Waals surface area (Å²) in [6, 6.07) is 7.60. The van der Waals surface area contributed by atoms with Gasteiger partial charge in [-0.3, -0.25) is 4.90 Å². The largest absolute Gasteiger partial charge is 0.491 e. The van der Waals surface area contributed by atoms with Crippen LogP contribution in [0.5, 0.6) is 5.75 Å². The van der Waals surface area contributed by atoms with Crippen LogP contribution in [0.15, 0.2) is 24.3 Å². The van der Waals surface area contributed by atoms with Gasteiger partial charge in [0.05, 0.1) is 6.10 Å². The molecule has 0 aromatic heterocycles. The first-order valence-electron chi connectivity index (χ1n) is 7.04. The first-order chi connectivity index (χ1) is 9.56. The van der Waals surface area contributed by atoms with Gasteiger partial charge in [0.1, 0.15) is 18.5 Å². The minimum Gasteiger partial charge on any atom is -0.491 e. The maximum absolute atomic E-state index is 10.1. The Morgan fingerprint density at radius 1 is 1.55 bits per heavy atom. The Morgan fingerprint density at radius 3 is 3.00 bits per heavy atom. The van der Waals surface area contributed by atoms with E-state index in [0.717, 1.165) is 13.0 Å². The molecule has 1 fully saturated rings. The van der Waals surface area contributed by atoms with E-state index in [4.69, 9.17) is 15.2 Å². The summed E-state index contributed by atoms with van der Waals surface area (Å²) in [5, 5.41) is 10.1. The monoisotopic (exact) mass is 280 g/mol. The van der Waals surface area contributed by atoms with Gasteiger partial charge >= 0.3 is 0 Å². The van der Waals surface area contributed by atoms with Crippen LogP contribution < -0.4 is 10.5 Å².